The SMILES string of the molecule is CCCCC[C@H](NC(=O)CC)c1nnc(CC(N)=O)o1. The zero-order valence-electron chi connectivity index (χ0n) is 12.0. The van der Waals surface area contributed by atoms with Crippen molar-refractivity contribution in [3.05, 3.63) is 11.8 Å². The lowest BCUT2D eigenvalue weighted by Crippen LogP contribution is -2.28. The highest BCUT2D eigenvalue weighted by atomic mass is 16.4. The molecule has 0 bridgehead atoms. The molecule has 0 aromatic carbocycles. The average molecular weight is 282 g/mol. The fraction of sp³-hybridized carbons (Fsp3) is 0.692. The Morgan fingerprint density at radius 2 is 2.05 bits per heavy atom. The quantitative estimate of drug-likeness (QED) is 0.662. The third kappa shape index (κ3) is 5.38. The van der Waals surface area contributed by atoms with Crippen molar-refractivity contribution in [3.8, 4) is 0 Å². The lowest BCUT2D eigenvalue weighted by Gasteiger charge is -2.14. The molecule has 7 nitrogen and oxygen atoms in total. The van der Waals surface area contributed by atoms with Crippen molar-refractivity contribution in [3.63, 3.8) is 0 Å². The van der Waals surface area contributed by atoms with E-state index in [1.54, 1.807) is 6.92 Å². The number of unbranched alkanes of at least 4 members (excludes halogenated alkanes) is 2. The van der Waals surface area contributed by atoms with Gasteiger partial charge in [0.1, 0.15) is 12.5 Å². The van der Waals surface area contributed by atoms with Crippen LogP contribution in [-0.2, 0) is 16.0 Å². The molecule has 2 amide bonds. The normalized spacial score (nSPS) is 12.1. The summed E-state index contributed by atoms with van der Waals surface area (Å²) in [5, 5.41) is 10.5. The number of amides is 2. The van der Waals surface area contributed by atoms with E-state index in [0.29, 0.717) is 12.3 Å². The molecule has 0 aliphatic rings. The molecule has 0 spiro atoms. The molecule has 1 atom stereocenters. The summed E-state index contributed by atoms with van der Waals surface area (Å²) in [6.07, 6.45) is 4.16. The molecule has 1 aromatic heterocycles. The van der Waals surface area contributed by atoms with Crippen molar-refractivity contribution in [2.45, 2.75) is 58.4 Å². The van der Waals surface area contributed by atoms with E-state index in [1.807, 2.05) is 0 Å². The van der Waals surface area contributed by atoms with Crippen molar-refractivity contribution in [2.75, 3.05) is 0 Å². The van der Waals surface area contributed by atoms with Crippen LogP contribution in [0.5, 0.6) is 0 Å². The molecule has 0 aliphatic carbocycles. The Balaban J connectivity index is 2.71. The van der Waals surface area contributed by atoms with E-state index in [0.717, 1.165) is 25.7 Å². The maximum Gasteiger partial charge on any atom is 0.238 e. The summed E-state index contributed by atoms with van der Waals surface area (Å²) in [7, 11) is 0. The van der Waals surface area contributed by atoms with E-state index < -0.39 is 5.91 Å². The topological polar surface area (TPSA) is 111 Å². The van der Waals surface area contributed by atoms with Gasteiger partial charge >= 0.3 is 0 Å². The Labute approximate surface area is 118 Å². The largest absolute Gasteiger partial charge is 0.422 e. The minimum absolute atomic E-state index is 0.0684. The van der Waals surface area contributed by atoms with Gasteiger partial charge in [0.2, 0.25) is 23.6 Å². The van der Waals surface area contributed by atoms with E-state index in [2.05, 4.69) is 22.4 Å². The predicted octanol–water partition coefficient (Wildman–Crippen LogP) is 1.24. The summed E-state index contributed by atoms with van der Waals surface area (Å²) in [5.74, 6) is -0.0839. The van der Waals surface area contributed by atoms with Crippen LogP contribution in [0.2, 0.25) is 0 Å². The fourth-order valence-electron chi connectivity index (χ4n) is 1.78. The first-order chi connectivity index (χ1) is 9.56. The second-order valence-corrected chi connectivity index (χ2v) is 4.65. The van der Waals surface area contributed by atoms with Gasteiger partial charge in [0, 0.05) is 6.42 Å². The van der Waals surface area contributed by atoms with Crippen molar-refractivity contribution < 1.29 is 14.0 Å². The van der Waals surface area contributed by atoms with Crippen LogP contribution in [-0.4, -0.2) is 22.0 Å². The molecule has 0 fully saturated rings. The molecule has 7 heteroatoms. The Hall–Kier alpha value is -1.92. The monoisotopic (exact) mass is 282 g/mol. The first kappa shape index (κ1) is 16.1. The van der Waals surface area contributed by atoms with Crippen molar-refractivity contribution in [1.82, 2.24) is 15.5 Å². The summed E-state index contributed by atoms with van der Waals surface area (Å²) in [6, 6.07) is -0.303. The van der Waals surface area contributed by atoms with Gasteiger partial charge < -0.3 is 15.5 Å². The van der Waals surface area contributed by atoms with Gasteiger partial charge in [0.25, 0.3) is 0 Å². The van der Waals surface area contributed by atoms with Gasteiger partial charge in [0.15, 0.2) is 0 Å². The third-order valence-electron chi connectivity index (χ3n) is 2.86. The number of carbonyl (C=O) groups excluding carboxylic acids is 2. The zero-order valence-corrected chi connectivity index (χ0v) is 12.0. The van der Waals surface area contributed by atoms with E-state index >= 15 is 0 Å². The van der Waals surface area contributed by atoms with Gasteiger partial charge in [-0.2, -0.15) is 0 Å². The molecular weight excluding hydrogens is 260 g/mol. The molecule has 1 aromatic rings. The van der Waals surface area contributed by atoms with Crippen LogP contribution in [0.1, 0.15) is 63.8 Å². The first-order valence-electron chi connectivity index (χ1n) is 6.96. The second kappa shape index (κ2) is 8.29. The molecule has 112 valence electrons. The molecule has 0 saturated heterocycles. The minimum atomic E-state index is -0.527. The molecule has 0 saturated carbocycles. The Bertz CT molecular complexity index is 445. The standard InChI is InChI=1S/C13H22N4O3/c1-3-5-6-7-9(15-11(19)4-2)13-17-16-12(20-13)8-10(14)18/h9H,3-8H2,1-2H3,(H2,14,18)(H,15,19)/t9-/m0/s1. The molecule has 1 rings (SSSR count). The van der Waals surface area contributed by atoms with Crippen LogP contribution in [0.25, 0.3) is 0 Å². The zero-order chi connectivity index (χ0) is 15.0. The average Bonchev–Trinajstić information content (AvgIpc) is 2.85. The molecule has 1 heterocycles. The Morgan fingerprint density at radius 3 is 2.65 bits per heavy atom. The predicted molar refractivity (Wildman–Crippen MR) is 72.5 cm³/mol. The highest BCUT2D eigenvalue weighted by Gasteiger charge is 2.20. The smallest absolute Gasteiger partial charge is 0.238 e. The van der Waals surface area contributed by atoms with Crippen LogP contribution >= 0.6 is 0 Å². The minimum Gasteiger partial charge on any atom is -0.422 e. The Morgan fingerprint density at radius 1 is 1.30 bits per heavy atom. The molecule has 0 unspecified atom stereocenters. The second-order valence-electron chi connectivity index (χ2n) is 4.65. The number of nitrogens with one attached hydrogen (secondary N) is 1. The molecule has 0 radical (unpaired) electrons. The molecular formula is C13H22N4O3. The number of nitrogens with zero attached hydrogens (tertiary/aromatic N) is 2. The van der Waals surface area contributed by atoms with Crippen LogP contribution in [0.15, 0.2) is 4.42 Å². The number of carbonyl (C=O) groups is 2. The number of hydrogen-bond acceptors (Lipinski definition) is 5. The van der Waals surface area contributed by atoms with Gasteiger partial charge in [-0.15, -0.1) is 10.2 Å². The summed E-state index contributed by atoms with van der Waals surface area (Å²) in [5.41, 5.74) is 5.07. The van der Waals surface area contributed by atoms with E-state index in [4.69, 9.17) is 10.2 Å². The summed E-state index contributed by atoms with van der Waals surface area (Å²) < 4.78 is 5.39. The summed E-state index contributed by atoms with van der Waals surface area (Å²) in [4.78, 5) is 22.3. The van der Waals surface area contributed by atoms with E-state index in [-0.39, 0.29) is 24.3 Å². The third-order valence-corrected chi connectivity index (χ3v) is 2.86. The van der Waals surface area contributed by atoms with Crippen LogP contribution in [0, 0.1) is 0 Å². The number of nitrogens with two attached hydrogens (primary N) is 1. The van der Waals surface area contributed by atoms with Crippen molar-refractivity contribution in [2.24, 2.45) is 5.73 Å². The summed E-state index contributed by atoms with van der Waals surface area (Å²) in [6.45, 7) is 3.89. The first-order valence-corrected chi connectivity index (χ1v) is 6.96. The van der Waals surface area contributed by atoms with Gasteiger partial charge in [-0.1, -0.05) is 33.1 Å². The highest BCUT2D eigenvalue weighted by molar-refractivity contribution is 5.76. The van der Waals surface area contributed by atoms with E-state index in [9.17, 15) is 9.59 Å². The van der Waals surface area contributed by atoms with Crippen LogP contribution in [0.4, 0.5) is 0 Å². The number of rotatable bonds is 9. The lowest BCUT2D eigenvalue weighted by atomic mass is 10.1. The molecule has 3 N–H and O–H groups in total. The van der Waals surface area contributed by atoms with Gasteiger partial charge in [-0.3, -0.25) is 9.59 Å². The van der Waals surface area contributed by atoms with Crippen LogP contribution < -0.4 is 11.1 Å². The van der Waals surface area contributed by atoms with Gasteiger partial charge in [-0.05, 0) is 6.42 Å². The highest BCUT2D eigenvalue weighted by Crippen LogP contribution is 2.19. The number of aromatic nitrogens is 2. The maximum atomic E-state index is 11.5. The fourth-order valence-corrected chi connectivity index (χ4v) is 1.78. The molecule has 20 heavy (non-hydrogen) atoms. The van der Waals surface area contributed by atoms with Crippen molar-refractivity contribution in [1.29, 1.82) is 0 Å². The van der Waals surface area contributed by atoms with E-state index in [1.165, 1.54) is 0 Å². The van der Waals surface area contributed by atoms with Crippen molar-refractivity contribution >= 4 is 11.8 Å². The van der Waals surface area contributed by atoms with Gasteiger partial charge in [0.05, 0.1) is 0 Å². The Kier molecular flexibility index (Phi) is 6.69. The van der Waals surface area contributed by atoms with Gasteiger partial charge in [-0.25, -0.2) is 0 Å². The maximum absolute atomic E-state index is 11.5. The number of hydrogen-bond donors (Lipinski definition) is 2. The lowest BCUT2D eigenvalue weighted by molar-refractivity contribution is -0.122. The number of primary amides is 1. The van der Waals surface area contributed by atoms with Crippen LogP contribution in [0.3, 0.4) is 0 Å². The summed E-state index contributed by atoms with van der Waals surface area (Å²) >= 11 is 0. The molecule has 0 aliphatic heterocycles.